The second kappa shape index (κ2) is 6.40. The van der Waals surface area contributed by atoms with Crippen molar-refractivity contribution in [3.8, 4) is 0 Å². The quantitative estimate of drug-likeness (QED) is 0.637. The molecule has 0 aliphatic carbocycles. The van der Waals surface area contributed by atoms with Crippen molar-refractivity contribution in [3.63, 3.8) is 0 Å². The van der Waals surface area contributed by atoms with Crippen LogP contribution in [0.1, 0.15) is 10.4 Å². The van der Waals surface area contributed by atoms with Crippen molar-refractivity contribution in [3.05, 3.63) is 55.0 Å². The van der Waals surface area contributed by atoms with Gasteiger partial charge in [0.25, 0.3) is 5.56 Å². The number of rotatable bonds is 3. The van der Waals surface area contributed by atoms with Crippen LogP contribution in [0.4, 0.5) is 5.69 Å². The molecule has 7 heteroatoms. The first kappa shape index (κ1) is 16.1. The number of carbonyl (C=O) groups is 1. The number of aromatic nitrogens is 2. The van der Waals surface area contributed by atoms with E-state index in [4.69, 9.17) is 0 Å². The number of benzene rings is 1. The molecule has 3 aromatic rings. The average Bonchev–Trinajstić information content (AvgIpc) is 2.80. The average molecular weight is 439 g/mol. The number of nitrogens with zero attached hydrogens (tertiary/aromatic N) is 2. The Balaban J connectivity index is 1.88. The molecule has 0 bridgehead atoms. The zero-order valence-corrected chi connectivity index (χ0v) is 15.6. The summed E-state index contributed by atoms with van der Waals surface area (Å²) in [7, 11) is 0. The highest BCUT2D eigenvalue weighted by Crippen LogP contribution is 2.25. The van der Waals surface area contributed by atoms with E-state index in [9.17, 15) is 9.59 Å². The smallest absolute Gasteiger partial charge is 0.262 e. The Morgan fingerprint density at radius 1 is 1.35 bits per heavy atom. The minimum atomic E-state index is -0.248. The fraction of sp³-hybridized carbons (Fsp3) is 0.188. The summed E-state index contributed by atoms with van der Waals surface area (Å²) in [5, 5.41) is 3.43. The molecule has 5 nitrogen and oxygen atoms in total. The summed E-state index contributed by atoms with van der Waals surface area (Å²) in [5.41, 5.74) is 1.51. The van der Waals surface area contributed by atoms with Crippen LogP contribution in [0.3, 0.4) is 0 Å². The summed E-state index contributed by atoms with van der Waals surface area (Å²) < 4.78 is 2.30. The molecule has 0 saturated heterocycles. The van der Waals surface area contributed by atoms with E-state index in [0.29, 0.717) is 5.39 Å². The van der Waals surface area contributed by atoms with Gasteiger partial charge >= 0.3 is 0 Å². The lowest BCUT2D eigenvalue weighted by Gasteiger charge is -2.08. The van der Waals surface area contributed by atoms with E-state index in [-0.39, 0.29) is 18.0 Å². The molecule has 2 heterocycles. The van der Waals surface area contributed by atoms with Crippen LogP contribution in [0.25, 0.3) is 10.2 Å². The van der Waals surface area contributed by atoms with E-state index in [1.54, 1.807) is 0 Å². The van der Waals surface area contributed by atoms with Crippen molar-refractivity contribution in [2.75, 3.05) is 5.32 Å². The van der Waals surface area contributed by atoms with Crippen molar-refractivity contribution in [2.24, 2.45) is 0 Å². The summed E-state index contributed by atoms with van der Waals surface area (Å²) in [4.78, 5) is 30.9. The zero-order chi connectivity index (χ0) is 16.6. The third-order valence-electron chi connectivity index (χ3n) is 3.62. The predicted molar refractivity (Wildman–Crippen MR) is 101 cm³/mol. The largest absolute Gasteiger partial charge is 0.324 e. The second-order valence-electron chi connectivity index (χ2n) is 5.17. The number of aryl methyl sites for hydroxylation is 2. The maximum atomic E-state index is 12.6. The predicted octanol–water partition coefficient (Wildman–Crippen LogP) is 3.32. The van der Waals surface area contributed by atoms with Gasteiger partial charge in [0.05, 0.1) is 17.4 Å². The molecule has 0 unspecified atom stereocenters. The highest BCUT2D eigenvalue weighted by atomic mass is 127. The Hall–Kier alpha value is -1.74. The minimum absolute atomic E-state index is 0.0545. The molecule has 0 saturated carbocycles. The number of para-hydroxylation sites is 1. The zero-order valence-electron chi connectivity index (χ0n) is 12.6. The van der Waals surface area contributed by atoms with Gasteiger partial charge in [-0.2, -0.15) is 0 Å². The van der Waals surface area contributed by atoms with Crippen LogP contribution in [0.5, 0.6) is 0 Å². The molecule has 0 spiro atoms. The SMILES string of the molecule is Cc1sc2ncn(CC(=O)Nc3ccccc3I)c(=O)c2c1C. The summed E-state index contributed by atoms with van der Waals surface area (Å²) in [6.07, 6.45) is 1.44. The Kier molecular flexibility index (Phi) is 4.49. The molecule has 2 aromatic heterocycles. The highest BCUT2D eigenvalue weighted by molar-refractivity contribution is 14.1. The van der Waals surface area contributed by atoms with Gasteiger partial charge in [-0.1, -0.05) is 12.1 Å². The third kappa shape index (κ3) is 3.16. The van der Waals surface area contributed by atoms with Crippen molar-refractivity contribution in [1.82, 2.24) is 9.55 Å². The molecule has 1 amide bonds. The summed E-state index contributed by atoms with van der Waals surface area (Å²) in [6.45, 7) is 3.82. The van der Waals surface area contributed by atoms with E-state index in [2.05, 4.69) is 32.9 Å². The molecule has 0 radical (unpaired) electrons. The second-order valence-corrected chi connectivity index (χ2v) is 7.53. The standard InChI is InChI=1S/C16H14IN3O2S/c1-9-10(2)23-15-14(9)16(22)20(8-18-15)7-13(21)19-12-6-4-3-5-11(12)17/h3-6,8H,7H2,1-2H3,(H,19,21). The fourth-order valence-corrected chi connectivity index (χ4v) is 3.80. The number of amides is 1. The third-order valence-corrected chi connectivity index (χ3v) is 5.67. The molecule has 23 heavy (non-hydrogen) atoms. The first-order valence-corrected chi connectivity index (χ1v) is 8.86. The number of carbonyl (C=O) groups excluding carboxylic acids is 1. The van der Waals surface area contributed by atoms with E-state index in [1.165, 1.54) is 22.2 Å². The van der Waals surface area contributed by atoms with Crippen LogP contribution in [0.15, 0.2) is 35.4 Å². The van der Waals surface area contributed by atoms with Crippen LogP contribution in [-0.2, 0) is 11.3 Å². The Morgan fingerprint density at radius 3 is 2.83 bits per heavy atom. The molecule has 1 N–H and O–H groups in total. The van der Waals surface area contributed by atoms with Gasteiger partial charge in [0.2, 0.25) is 5.91 Å². The number of halogens is 1. The molecule has 1 aromatic carbocycles. The van der Waals surface area contributed by atoms with Gasteiger partial charge in [-0.3, -0.25) is 14.2 Å². The number of fused-ring (bicyclic) bond motifs is 1. The van der Waals surface area contributed by atoms with Crippen molar-refractivity contribution >= 4 is 55.7 Å². The normalized spacial score (nSPS) is 10.9. The Labute approximate surface area is 150 Å². The first-order valence-electron chi connectivity index (χ1n) is 6.97. The van der Waals surface area contributed by atoms with E-state index < -0.39 is 0 Å². The van der Waals surface area contributed by atoms with Crippen LogP contribution in [0.2, 0.25) is 0 Å². The molecule has 3 rings (SSSR count). The lowest BCUT2D eigenvalue weighted by atomic mass is 10.2. The van der Waals surface area contributed by atoms with Gasteiger partial charge in [0.1, 0.15) is 11.4 Å². The van der Waals surface area contributed by atoms with Crippen LogP contribution in [0, 0.1) is 17.4 Å². The van der Waals surface area contributed by atoms with E-state index >= 15 is 0 Å². The fourth-order valence-electron chi connectivity index (χ4n) is 2.29. The summed E-state index contributed by atoms with van der Waals surface area (Å²) in [5.74, 6) is -0.248. The topological polar surface area (TPSA) is 64.0 Å². The molecule has 0 atom stereocenters. The Morgan fingerprint density at radius 2 is 2.09 bits per heavy atom. The van der Waals surface area contributed by atoms with Crippen molar-refractivity contribution in [1.29, 1.82) is 0 Å². The van der Waals surface area contributed by atoms with Gasteiger partial charge in [-0.05, 0) is 54.1 Å². The summed E-state index contributed by atoms with van der Waals surface area (Å²) in [6, 6.07) is 7.50. The van der Waals surface area contributed by atoms with Gasteiger partial charge in [0.15, 0.2) is 0 Å². The Bertz CT molecular complexity index is 962. The minimum Gasteiger partial charge on any atom is -0.324 e. The lowest BCUT2D eigenvalue weighted by Crippen LogP contribution is -2.28. The van der Waals surface area contributed by atoms with Crippen LogP contribution in [-0.4, -0.2) is 15.5 Å². The van der Waals surface area contributed by atoms with Crippen LogP contribution < -0.4 is 10.9 Å². The van der Waals surface area contributed by atoms with E-state index in [1.807, 2.05) is 38.1 Å². The monoisotopic (exact) mass is 439 g/mol. The maximum absolute atomic E-state index is 12.6. The number of thiophene rings is 1. The summed E-state index contributed by atoms with van der Waals surface area (Å²) >= 11 is 3.65. The van der Waals surface area contributed by atoms with Gasteiger partial charge in [-0.25, -0.2) is 4.98 Å². The number of hydrogen-bond donors (Lipinski definition) is 1. The maximum Gasteiger partial charge on any atom is 0.262 e. The number of anilines is 1. The molecular formula is C16H14IN3O2S. The molecular weight excluding hydrogens is 425 g/mol. The molecule has 0 aliphatic rings. The van der Waals surface area contributed by atoms with Gasteiger partial charge < -0.3 is 5.32 Å². The first-order chi connectivity index (χ1) is 11.0. The lowest BCUT2D eigenvalue weighted by molar-refractivity contribution is -0.116. The highest BCUT2D eigenvalue weighted by Gasteiger charge is 2.14. The van der Waals surface area contributed by atoms with Crippen molar-refractivity contribution in [2.45, 2.75) is 20.4 Å². The number of nitrogens with one attached hydrogen (secondary N) is 1. The van der Waals surface area contributed by atoms with Gasteiger partial charge in [0, 0.05) is 8.45 Å². The molecule has 118 valence electrons. The van der Waals surface area contributed by atoms with E-state index in [0.717, 1.165) is 24.5 Å². The van der Waals surface area contributed by atoms with Crippen LogP contribution >= 0.6 is 33.9 Å². The number of hydrogen-bond acceptors (Lipinski definition) is 4. The van der Waals surface area contributed by atoms with Crippen molar-refractivity contribution < 1.29 is 4.79 Å². The molecule has 0 aliphatic heterocycles. The molecule has 0 fully saturated rings. The van der Waals surface area contributed by atoms with Gasteiger partial charge in [-0.15, -0.1) is 11.3 Å².